The number of hydrogen-bond acceptors (Lipinski definition) is 3. The van der Waals surface area contributed by atoms with Crippen LogP contribution in [-0.2, 0) is 20.7 Å². The minimum Gasteiger partial charge on any atom is -0.480 e. The van der Waals surface area contributed by atoms with E-state index in [1.807, 2.05) is 0 Å². The van der Waals surface area contributed by atoms with Crippen LogP contribution < -0.4 is 0 Å². The molecule has 0 aromatic heterocycles. The standard InChI is InChI=1S/C15H18FNO4/c1-10(7-11-3-2-4-12(16)8-11)14(18)17-5-6-21-9-13(17)15(19)20/h2-4,8,10,13H,5-7,9H2,1H3,(H,19,20). The van der Waals surface area contributed by atoms with Crippen molar-refractivity contribution in [2.45, 2.75) is 19.4 Å². The zero-order valence-electron chi connectivity index (χ0n) is 11.8. The van der Waals surface area contributed by atoms with Gasteiger partial charge in [0.2, 0.25) is 5.91 Å². The zero-order valence-corrected chi connectivity index (χ0v) is 11.8. The molecule has 5 nitrogen and oxygen atoms in total. The summed E-state index contributed by atoms with van der Waals surface area (Å²) in [5.41, 5.74) is 0.719. The molecule has 1 fully saturated rings. The van der Waals surface area contributed by atoms with Gasteiger partial charge in [0.15, 0.2) is 6.04 Å². The normalized spacial score (nSPS) is 20.1. The minimum absolute atomic E-state index is 0.00770. The minimum atomic E-state index is -1.07. The average molecular weight is 295 g/mol. The first-order valence-corrected chi connectivity index (χ1v) is 6.84. The third-order valence-electron chi connectivity index (χ3n) is 3.55. The number of rotatable bonds is 4. The van der Waals surface area contributed by atoms with Crippen molar-refractivity contribution in [3.05, 3.63) is 35.6 Å². The van der Waals surface area contributed by atoms with Crippen LogP contribution in [0.1, 0.15) is 12.5 Å². The van der Waals surface area contributed by atoms with Crippen LogP contribution in [0.4, 0.5) is 4.39 Å². The quantitative estimate of drug-likeness (QED) is 0.909. The van der Waals surface area contributed by atoms with E-state index in [0.29, 0.717) is 13.0 Å². The van der Waals surface area contributed by atoms with Crippen molar-refractivity contribution in [1.82, 2.24) is 4.90 Å². The number of morpholine rings is 1. The smallest absolute Gasteiger partial charge is 0.328 e. The molecule has 1 aliphatic heterocycles. The van der Waals surface area contributed by atoms with Crippen LogP contribution >= 0.6 is 0 Å². The molecule has 2 rings (SSSR count). The molecule has 0 saturated carbocycles. The Kier molecular flexibility index (Phi) is 4.90. The second-order valence-electron chi connectivity index (χ2n) is 5.20. The highest BCUT2D eigenvalue weighted by Gasteiger charge is 2.34. The lowest BCUT2D eigenvalue weighted by molar-refractivity contribution is -0.160. The summed E-state index contributed by atoms with van der Waals surface area (Å²) in [4.78, 5) is 24.9. The maximum Gasteiger partial charge on any atom is 0.328 e. The molecule has 0 radical (unpaired) electrons. The van der Waals surface area contributed by atoms with E-state index in [4.69, 9.17) is 9.84 Å². The summed E-state index contributed by atoms with van der Waals surface area (Å²) in [5, 5.41) is 9.14. The Balaban J connectivity index is 2.05. The van der Waals surface area contributed by atoms with E-state index in [-0.39, 0.29) is 24.9 Å². The van der Waals surface area contributed by atoms with Crippen molar-refractivity contribution < 1.29 is 23.8 Å². The summed E-state index contributed by atoms with van der Waals surface area (Å²) in [6.07, 6.45) is 0.375. The van der Waals surface area contributed by atoms with Crippen LogP contribution in [0.3, 0.4) is 0 Å². The van der Waals surface area contributed by atoms with Gasteiger partial charge in [-0.3, -0.25) is 4.79 Å². The first-order valence-electron chi connectivity index (χ1n) is 6.84. The summed E-state index contributed by atoms with van der Waals surface area (Å²) in [5.74, 6) is -2.07. The Bertz CT molecular complexity index is 534. The van der Waals surface area contributed by atoms with Crippen LogP contribution in [-0.4, -0.2) is 47.7 Å². The molecule has 1 aliphatic rings. The number of ether oxygens (including phenoxy) is 1. The Morgan fingerprint density at radius 1 is 1.52 bits per heavy atom. The van der Waals surface area contributed by atoms with Gasteiger partial charge in [0.05, 0.1) is 13.2 Å². The van der Waals surface area contributed by atoms with E-state index in [2.05, 4.69) is 0 Å². The van der Waals surface area contributed by atoms with Crippen molar-refractivity contribution in [1.29, 1.82) is 0 Å². The van der Waals surface area contributed by atoms with E-state index in [9.17, 15) is 14.0 Å². The molecular weight excluding hydrogens is 277 g/mol. The summed E-state index contributed by atoms with van der Waals surface area (Å²) >= 11 is 0. The number of hydrogen-bond donors (Lipinski definition) is 1. The molecule has 114 valence electrons. The fraction of sp³-hybridized carbons (Fsp3) is 0.467. The van der Waals surface area contributed by atoms with Crippen LogP contribution in [0.5, 0.6) is 0 Å². The largest absolute Gasteiger partial charge is 0.480 e. The number of amides is 1. The van der Waals surface area contributed by atoms with Gasteiger partial charge in [0, 0.05) is 12.5 Å². The second-order valence-corrected chi connectivity index (χ2v) is 5.20. The van der Waals surface area contributed by atoms with Gasteiger partial charge >= 0.3 is 5.97 Å². The van der Waals surface area contributed by atoms with Gasteiger partial charge in [-0.1, -0.05) is 19.1 Å². The summed E-state index contributed by atoms with van der Waals surface area (Å²) in [6, 6.07) is 5.13. The number of aliphatic carboxylic acids is 1. The molecule has 0 bridgehead atoms. The van der Waals surface area contributed by atoms with Gasteiger partial charge in [-0.25, -0.2) is 9.18 Å². The van der Waals surface area contributed by atoms with Gasteiger partial charge in [-0.05, 0) is 24.1 Å². The highest BCUT2D eigenvalue weighted by atomic mass is 19.1. The van der Waals surface area contributed by atoms with Crippen LogP contribution in [0, 0.1) is 11.7 Å². The summed E-state index contributed by atoms with van der Waals surface area (Å²) in [7, 11) is 0. The van der Waals surface area contributed by atoms with Crippen molar-refractivity contribution in [2.75, 3.05) is 19.8 Å². The Labute approximate surface area is 122 Å². The number of carboxylic acid groups (broad SMARTS) is 1. The Hall–Kier alpha value is -1.95. The molecule has 0 spiro atoms. The van der Waals surface area contributed by atoms with Gasteiger partial charge in [-0.2, -0.15) is 0 Å². The second kappa shape index (κ2) is 6.67. The number of carbonyl (C=O) groups excluding carboxylic acids is 1. The highest BCUT2D eigenvalue weighted by molar-refractivity contribution is 5.85. The summed E-state index contributed by atoms with van der Waals surface area (Å²) < 4.78 is 18.3. The zero-order chi connectivity index (χ0) is 15.4. The molecule has 21 heavy (non-hydrogen) atoms. The van der Waals surface area contributed by atoms with Crippen LogP contribution in [0.2, 0.25) is 0 Å². The molecule has 1 N–H and O–H groups in total. The van der Waals surface area contributed by atoms with E-state index < -0.39 is 17.9 Å². The van der Waals surface area contributed by atoms with Crippen molar-refractivity contribution >= 4 is 11.9 Å². The molecular formula is C15H18FNO4. The Morgan fingerprint density at radius 3 is 2.95 bits per heavy atom. The predicted octanol–water partition coefficient (Wildman–Crippen LogP) is 1.32. The van der Waals surface area contributed by atoms with Gasteiger partial charge in [0.25, 0.3) is 0 Å². The third-order valence-corrected chi connectivity index (χ3v) is 3.55. The van der Waals surface area contributed by atoms with Gasteiger partial charge in [0.1, 0.15) is 5.82 Å². The SMILES string of the molecule is CC(Cc1cccc(F)c1)C(=O)N1CCOCC1C(=O)O. The Morgan fingerprint density at radius 2 is 2.29 bits per heavy atom. The lowest BCUT2D eigenvalue weighted by Gasteiger charge is -2.34. The van der Waals surface area contributed by atoms with Crippen LogP contribution in [0.15, 0.2) is 24.3 Å². The lowest BCUT2D eigenvalue weighted by Crippen LogP contribution is -2.54. The topological polar surface area (TPSA) is 66.8 Å². The fourth-order valence-electron chi connectivity index (χ4n) is 2.46. The molecule has 1 aromatic rings. The van der Waals surface area contributed by atoms with Gasteiger partial charge < -0.3 is 14.7 Å². The molecule has 1 aromatic carbocycles. The summed E-state index contributed by atoms with van der Waals surface area (Å²) in [6.45, 7) is 2.33. The molecule has 2 atom stereocenters. The maximum absolute atomic E-state index is 13.2. The van der Waals surface area contributed by atoms with Crippen molar-refractivity contribution in [3.63, 3.8) is 0 Å². The average Bonchev–Trinajstić information content (AvgIpc) is 2.46. The van der Waals surface area contributed by atoms with E-state index in [1.165, 1.54) is 17.0 Å². The predicted molar refractivity (Wildman–Crippen MR) is 73.2 cm³/mol. The number of carbonyl (C=O) groups is 2. The first-order chi connectivity index (χ1) is 9.99. The number of benzene rings is 1. The molecule has 1 amide bonds. The van der Waals surface area contributed by atoms with E-state index in [0.717, 1.165) is 5.56 Å². The molecule has 1 heterocycles. The molecule has 0 aliphatic carbocycles. The van der Waals surface area contributed by atoms with Gasteiger partial charge in [-0.15, -0.1) is 0 Å². The molecule has 1 saturated heterocycles. The number of halogens is 1. The first kappa shape index (κ1) is 15.4. The van der Waals surface area contributed by atoms with Crippen LogP contribution in [0.25, 0.3) is 0 Å². The highest BCUT2D eigenvalue weighted by Crippen LogP contribution is 2.16. The maximum atomic E-state index is 13.2. The third kappa shape index (κ3) is 3.78. The van der Waals surface area contributed by atoms with Crippen molar-refractivity contribution in [2.24, 2.45) is 5.92 Å². The van der Waals surface area contributed by atoms with Crippen molar-refractivity contribution in [3.8, 4) is 0 Å². The lowest BCUT2D eigenvalue weighted by atomic mass is 9.98. The molecule has 2 unspecified atom stereocenters. The van der Waals surface area contributed by atoms with E-state index in [1.54, 1.807) is 19.1 Å². The molecule has 6 heteroatoms. The fourth-order valence-corrected chi connectivity index (χ4v) is 2.46. The van der Waals surface area contributed by atoms with E-state index >= 15 is 0 Å². The monoisotopic (exact) mass is 295 g/mol. The number of carboxylic acids is 1. The number of nitrogens with zero attached hydrogens (tertiary/aromatic N) is 1.